The molecule has 0 unspecified atom stereocenters. The summed E-state index contributed by atoms with van der Waals surface area (Å²) in [6.45, 7) is 0. The Hall–Kier alpha value is -0.880. The molecule has 0 radical (unpaired) electrons. The van der Waals surface area contributed by atoms with E-state index in [0.29, 0.717) is 31.2 Å². The summed E-state index contributed by atoms with van der Waals surface area (Å²) in [5.41, 5.74) is 1.19. The predicted molar refractivity (Wildman–Crippen MR) is 99.9 cm³/mol. The topological polar surface area (TPSA) is 64.5 Å². The van der Waals surface area contributed by atoms with Gasteiger partial charge in [-0.15, -0.1) is 0 Å². The number of aromatic hydroxyl groups is 2. The molecule has 24 heavy (non-hydrogen) atoms. The number of likely N-dealkylation sites (N-methyl/N-ethyl adjacent to an activating group) is 2. The highest BCUT2D eigenvalue weighted by molar-refractivity contribution is 6.37. The van der Waals surface area contributed by atoms with Crippen molar-refractivity contribution in [2.75, 3.05) is 14.1 Å². The Balaban J connectivity index is 2.61. The van der Waals surface area contributed by atoms with Crippen LogP contribution in [-0.2, 0) is 0 Å². The molecule has 4 N–H and O–H groups in total. The molecule has 2 aromatic rings. The van der Waals surface area contributed by atoms with E-state index in [1.165, 1.54) is 24.3 Å². The van der Waals surface area contributed by atoms with Crippen LogP contribution in [0.5, 0.6) is 11.5 Å². The number of phenolic OH excluding ortho intramolecular Hbond substituents is 2. The van der Waals surface area contributed by atoms with Crippen LogP contribution in [0.4, 0.5) is 0 Å². The summed E-state index contributed by atoms with van der Waals surface area (Å²) in [7, 11) is 3.49. The second-order valence-electron chi connectivity index (χ2n) is 5.18. The van der Waals surface area contributed by atoms with Crippen molar-refractivity contribution in [3.05, 3.63) is 55.5 Å². The van der Waals surface area contributed by atoms with Gasteiger partial charge >= 0.3 is 0 Å². The minimum absolute atomic E-state index is 0.0229. The quantitative estimate of drug-likeness (QED) is 0.565. The minimum Gasteiger partial charge on any atom is -0.508 e. The second-order valence-corrected chi connectivity index (χ2v) is 6.81. The molecule has 0 saturated heterocycles. The normalized spacial score (nSPS) is 13.8. The SMILES string of the molecule is CN[C@@H](c1c(Cl)cc(O)cc1Cl)[C@@H](NC)c1c(Cl)cc(O)cc1Cl. The van der Waals surface area contributed by atoms with Gasteiger partial charge in [0.2, 0.25) is 0 Å². The molecule has 0 aliphatic heterocycles. The highest BCUT2D eigenvalue weighted by atomic mass is 35.5. The molecule has 0 aliphatic rings. The Labute approximate surface area is 160 Å². The summed E-state index contributed by atoms with van der Waals surface area (Å²) in [5.74, 6) is -0.0457. The van der Waals surface area contributed by atoms with Crippen molar-refractivity contribution in [3.63, 3.8) is 0 Å². The molecular formula is C16H16Cl4N2O2. The molecule has 0 heterocycles. The lowest BCUT2D eigenvalue weighted by Gasteiger charge is -2.30. The third-order valence-corrected chi connectivity index (χ3v) is 4.96. The van der Waals surface area contributed by atoms with Crippen molar-refractivity contribution < 1.29 is 10.2 Å². The van der Waals surface area contributed by atoms with Crippen LogP contribution in [-0.4, -0.2) is 24.3 Å². The summed E-state index contributed by atoms with van der Waals surface area (Å²) >= 11 is 25.1. The molecule has 130 valence electrons. The fourth-order valence-corrected chi connectivity index (χ4v) is 4.11. The first kappa shape index (κ1) is 19.4. The van der Waals surface area contributed by atoms with Gasteiger partial charge in [-0.1, -0.05) is 46.4 Å². The average Bonchev–Trinajstić information content (AvgIpc) is 2.46. The van der Waals surface area contributed by atoms with E-state index in [9.17, 15) is 10.2 Å². The van der Waals surface area contributed by atoms with Gasteiger partial charge in [-0.3, -0.25) is 0 Å². The zero-order chi connectivity index (χ0) is 18.0. The third kappa shape index (κ3) is 3.85. The molecule has 2 aromatic carbocycles. The van der Waals surface area contributed by atoms with Gasteiger partial charge in [-0.05, 0) is 38.4 Å². The molecule has 8 heteroatoms. The van der Waals surface area contributed by atoms with Crippen LogP contribution in [0.1, 0.15) is 23.2 Å². The molecule has 2 rings (SSSR count). The monoisotopic (exact) mass is 408 g/mol. The van der Waals surface area contributed by atoms with Crippen molar-refractivity contribution in [1.29, 1.82) is 0 Å². The molecule has 0 saturated carbocycles. The number of phenols is 2. The minimum atomic E-state index is -0.393. The van der Waals surface area contributed by atoms with Crippen LogP contribution in [0.15, 0.2) is 24.3 Å². The van der Waals surface area contributed by atoms with Crippen molar-refractivity contribution in [2.24, 2.45) is 0 Å². The highest BCUT2D eigenvalue weighted by Crippen LogP contribution is 2.43. The maximum absolute atomic E-state index is 9.63. The fraction of sp³-hybridized carbons (Fsp3) is 0.250. The maximum Gasteiger partial charge on any atom is 0.118 e. The second kappa shape index (κ2) is 8.00. The molecule has 2 atom stereocenters. The Bertz CT molecular complexity index is 645. The van der Waals surface area contributed by atoms with Crippen LogP contribution in [0.3, 0.4) is 0 Å². The van der Waals surface area contributed by atoms with Gasteiger partial charge in [0.1, 0.15) is 11.5 Å². The van der Waals surface area contributed by atoms with E-state index in [0.717, 1.165) is 0 Å². The van der Waals surface area contributed by atoms with E-state index in [1.807, 2.05) is 0 Å². The summed E-state index contributed by atoms with van der Waals surface area (Å²) in [6.07, 6.45) is 0. The number of nitrogens with one attached hydrogen (secondary N) is 2. The lowest BCUT2D eigenvalue weighted by atomic mass is 9.93. The van der Waals surface area contributed by atoms with Crippen molar-refractivity contribution in [2.45, 2.75) is 12.1 Å². The maximum atomic E-state index is 9.63. The summed E-state index contributed by atoms with van der Waals surface area (Å²) in [5, 5.41) is 26.8. The number of hydrogen-bond acceptors (Lipinski definition) is 4. The van der Waals surface area contributed by atoms with Gasteiger partial charge in [-0.2, -0.15) is 0 Å². The number of benzene rings is 2. The Morgan fingerprint density at radius 3 is 1.12 bits per heavy atom. The Morgan fingerprint density at radius 2 is 0.917 bits per heavy atom. The third-order valence-electron chi connectivity index (χ3n) is 3.70. The van der Waals surface area contributed by atoms with E-state index in [4.69, 9.17) is 46.4 Å². The standard InChI is InChI=1S/C16H16Cl4N2O2/c1-21-15(13-9(17)3-7(23)4-10(13)18)16(22-2)14-11(19)5-8(24)6-12(14)20/h3-6,15-16,21-24H,1-2H3/t15-,16-/m0/s1. The molecule has 4 nitrogen and oxygen atoms in total. The molecule has 0 spiro atoms. The van der Waals surface area contributed by atoms with Gasteiger partial charge < -0.3 is 20.8 Å². The zero-order valence-electron chi connectivity index (χ0n) is 12.9. The van der Waals surface area contributed by atoms with Gasteiger partial charge in [0.25, 0.3) is 0 Å². The molecule has 0 aromatic heterocycles. The summed E-state index contributed by atoms with van der Waals surface area (Å²) in [6, 6.07) is 4.88. The van der Waals surface area contributed by atoms with Gasteiger partial charge in [0.05, 0.1) is 32.2 Å². The number of hydrogen-bond donors (Lipinski definition) is 4. The first-order valence-corrected chi connectivity index (χ1v) is 8.51. The van der Waals surface area contributed by atoms with Gasteiger partial charge in [-0.25, -0.2) is 0 Å². The molecule has 0 aliphatic carbocycles. The van der Waals surface area contributed by atoms with Gasteiger partial charge in [0.15, 0.2) is 0 Å². The van der Waals surface area contributed by atoms with E-state index in [-0.39, 0.29) is 11.5 Å². The summed E-state index contributed by atoms with van der Waals surface area (Å²) < 4.78 is 0. The zero-order valence-corrected chi connectivity index (χ0v) is 15.9. The van der Waals surface area contributed by atoms with E-state index in [2.05, 4.69) is 10.6 Å². The smallest absolute Gasteiger partial charge is 0.118 e. The van der Waals surface area contributed by atoms with Crippen LogP contribution in [0, 0.1) is 0 Å². The van der Waals surface area contributed by atoms with Crippen molar-refractivity contribution in [1.82, 2.24) is 10.6 Å². The predicted octanol–water partition coefficient (Wildman–Crippen LogP) is 4.93. The largest absolute Gasteiger partial charge is 0.508 e. The fourth-order valence-electron chi connectivity index (χ4n) is 2.69. The summed E-state index contributed by atoms with van der Waals surface area (Å²) in [4.78, 5) is 0. The van der Waals surface area contributed by atoms with Gasteiger partial charge in [0, 0.05) is 11.1 Å². The van der Waals surface area contributed by atoms with Crippen molar-refractivity contribution >= 4 is 46.4 Å². The van der Waals surface area contributed by atoms with Crippen LogP contribution >= 0.6 is 46.4 Å². The molecule has 0 fully saturated rings. The first-order valence-electron chi connectivity index (χ1n) is 7.00. The van der Waals surface area contributed by atoms with E-state index >= 15 is 0 Å². The number of rotatable bonds is 5. The lowest BCUT2D eigenvalue weighted by molar-refractivity contribution is 0.429. The lowest BCUT2D eigenvalue weighted by Crippen LogP contribution is -2.32. The first-order chi connectivity index (χ1) is 11.3. The van der Waals surface area contributed by atoms with E-state index < -0.39 is 12.1 Å². The van der Waals surface area contributed by atoms with Crippen LogP contribution < -0.4 is 10.6 Å². The highest BCUT2D eigenvalue weighted by Gasteiger charge is 2.30. The Kier molecular flexibility index (Phi) is 6.48. The molecule has 0 amide bonds. The van der Waals surface area contributed by atoms with E-state index in [1.54, 1.807) is 14.1 Å². The Morgan fingerprint density at radius 1 is 0.667 bits per heavy atom. The molecular weight excluding hydrogens is 394 g/mol. The van der Waals surface area contributed by atoms with Crippen molar-refractivity contribution in [3.8, 4) is 11.5 Å². The van der Waals surface area contributed by atoms with Crippen LogP contribution in [0.2, 0.25) is 20.1 Å². The van der Waals surface area contributed by atoms with Crippen LogP contribution in [0.25, 0.3) is 0 Å². The molecule has 0 bridgehead atoms. The average molecular weight is 410 g/mol. The number of halogens is 4.